The predicted octanol–water partition coefficient (Wildman–Crippen LogP) is 4.61. The lowest BCUT2D eigenvalue weighted by molar-refractivity contribution is -0.136. The van der Waals surface area contributed by atoms with Crippen molar-refractivity contribution in [2.45, 2.75) is 26.8 Å². The molecule has 3 N–H and O–H groups in total. The van der Waals surface area contributed by atoms with Crippen LogP contribution in [-0.4, -0.2) is 34.9 Å². The molecule has 4 rings (SSSR count). The Kier molecular flexibility index (Phi) is 7.48. The molecule has 0 saturated carbocycles. The van der Waals surface area contributed by atoms with Crippen LogP contribution in [0.25, 0.3) is 16.8 Å². The van der Waals surface area contributed by atoms with Crippen LogP contribution >= 0.6 is 0 Å². The number of benzene rings is 3. The van der Waals surface area contributed by atoms with E-state index < -0.39 is 11.9 Å². The number of ether oxygens (including phenoxy) is 1. The molecule has 0 spiro atoms. The SMILES string of the molecule is COC(=O)/C(=C\c1ncc[nH]1)NC(=O)c1c(C)cc(C(=O)N[C@H](C)c2cccc3ccccc23)cc1C. The molecule has 2 amide bonds. The minimum absolute atomic E-state index is 0.0630. The summed E-state index contributed by atoms with van der Waals surface area (Å²) in [6.07, 6.45) is 4.52. The predicted molar refractivity (Wildman–Crippen MR) is 142 cm³/mol. The highest BCUT2D eigenvalue weighted by molar-refractivity contribution is 6.05. The summed E-state index contributed by atoms with van der Waals surface area (Å²) in [4.78, 5) is 45.4. The number of aromatic amines is 1. The maximum atomic E-state index is 13.1. The quantitative estimate of drug-likeness (QED) is 0.255. The van der Waals surface area contributed by atoms with Crippen molar-refractivity contribution in [1.82, 2.24) is 20.6 Å². The number of aryl methyl sites for hydroxylation is 2. The molecule has 0 aliphatic heterocycles. The number of carbonyl (C=O) groups excluding carboxylic acids is 3. The second-order valence-electron chi connectivity index (χ2n) is 8.73. The smallest absolute Gasteiger partial charge is 0.354 e. The summed E-state index contributed by atoms with van der Waals surface area (Å²) in [6.45, 7) is 5.45. The van der Waals surface area contributed by atoms with E-state index in [-0.39, 0.29) is 17.6 Å². The molecule has 0 aliphatic carbocycles. The summed E-state index contributed by atoms with van der Waals surface area (Å²) in [7, 11) is 1.23. The van der Waals surface area contributed by atoms with Gasteiger partial charge in [-0.05, 0) is 60.4 Å². The number of rotatable bonds is 7. The third-order valence-electron chi connectivity index (χ3n) is 6.11. The van der Waals surface area contributed by atoms with E-state index in [1.165, 1.54) is 19.4 Å². The molecule has 37 heavy (non-hydrogen) atoms. The second-order valence-corrected chi connectivity index (χ2v) is 8.73. The zero-order valence-corrected chi connectivity index (χ0v) is 21.1. The third kappa shape index (κ3) is 5.59. The summed E-state index contributed by atoms with van der Waals surface area (Å²) in [5.74, 6) is -1.05. The third-order valence-corrected chi connectivity index (χ3v) is 6.11. The van der Waals surface area contributed by atoms with E-state index in [0.717, 1.165) is 16.3 Å². The van der Waals surface area contributed by atoms with Crippen LogP contribution in [0.4, 0.5) is 0 Å². The van der Waals surface area contributed by atoms with Crippen LogP contribution in [-0.2, 0) is 9.53 Å². The molecule has 0 fully saturated rings. The highest BCUT2D eigenvalue weighted by Crippen LogP contribution is 2.25. The van der Waals surface area contributed by atoms with Crippen LogP contribution in [0.5, 0.6) is 0 Å². The molecule has 0 radical (unpaired) electrons. The maximum Gasteiger partial charge on any atom is 0.354 e. The number of esters is 1. The second kappa shape index (κ2) is 10.9. The Balaban J connectivity index is 1.55. The number of carbonyl (C=O) groups is 3. The van der Waals surface area contributed by atoms with E-state index in [9.17, 15) is 14.4 Å². The van der Waals surface area contributed by atoms with Gasteiger partial charge in [-0.2, -0.15) is 0 Å². The zero-order chi connectivity index (χ0) is 26.5. The number of nitrogens with zero attached hydrogens (tertiary/aromatic N) is 1. The Labute approximate surface area is 214 Å². The summed E-state index contributed by atoms with van der Waals surface area (Å²) < 4.78 is 4.79. The van der Waals surface area contributed by atoms with Crippen LogP contribution < -0.4 is 10.6 Å². The van der Waals surface area contributed by atoms with E-state index in [1.54, 1.807) is 32.2 Å². The first kappa shape index (κ1) is 25.4. The fourth-order valence-corrected chi connectivity index (χ4v) is 4.37. The van der Waals surface area contributed by atoms with E-state index in [1.807, 2.05) is 49.4 Å². The molecule has 188 valence electrons. The van der Waals surface area contributed by atoms with Crippen LogP contribution in [0.3, 0.4) is 0 Å². The van der Waals surface area contributed by atoms with E-state index in [2.05, 4.69) is 20.6 Å². The Hall–Kier alpha value is -4.72. The molecule has 1 aromatic heterocycles. The standard InChI is InChI=1S/C29H28N4O4/c1-17-14-21(27(34)32-19(3)22-11-7-9-20-8-5-6-10-23(20)22)15-18(2)26(17)28(35)33-24(29(36)37-4)16-25-30-12-13-31-25/h5-16,19H,1-4H3,(H,30,31)(H,32,34)(H,33,35)/b24-16+/t19-/m1/s1. The Morgan fingerprint density at radius 1 is 1.00 bits per heavy atom. The van der Waals surface area contributed by atoms with Crippen molar-refractivity contribution < 1.29 is 19.1 Å². The number of fused-ring (bicyclic) bond motifs is 1. The van der Waals surface area contributed by atoms with Crippen molar-refractivity contribution in [3.05, 3.63) is 106 Å². The molecule has 8 nitrogen and oxygen atoms in total. The minimum Gasteiger partial charge on any atom is -0.464 e. The van der Waals surface area contributed by atoms with Crippen molar-refractivity contribution in [2.75, 3.05) is 7.11 Å². The van der Waals surface area contributed by atoms with Gasteiger partial charge in [0.2, 0.25) is 0 Å². The van der Waals surface area contributed by atoms with Gasteiger partial charge in [0, 0.05) is 29.6 Å². The largest absolute Gasteiger partial charge is 0.464 e. The Morgan fingerprint density at radius 3 is 2.38 bits per heavy atom. The number of amides is 2. The lowest BCUT2D eigenvalue weighted by Crippen LogP contribution is -2.30. The number of H-pyrrole nitrogens is 1. The lowest BCUT2D eigenvalue weighted by Gasteiger charge is -2.18. The summed E-state index contributed by atoms with van der Waals surface area (Å²) in [5, 5.41) is 7.87. The van der Waals surface area contributed by atoms with Crippen molar-refractivity contribution in [2.24, 2.45) is 0 Å². The monoisotopic (exact) mass is 496 g/mol. The van der Waals surface area contributed by atoms with Crippen LogP contribution in [0, 0.1) is 13.8 Å². The molecule has 8 heteroatoms. The van der Waals surface area contributed by atoms with Gasteiger partial charge in [-0.25, -0.2) is 9.78 Å². The van der Waals surface area contributed by atoms with E-state index >= 15 is 0 Å². The van der Waals surface area contributed by atoms with Gasteiger partial charge in [-0.3, -0.25) is 9.59 Å². The fraction of sp³-hybridized carbons (Fsp3) is 0.172. The molecule has 0 bridgehead atoms. The van der Waals surface area contributed by atoms with Crippen molar-refractivity contribution in [1.29, 1.82) is 0 Å². The molecule has 0 saturated heterocycles. The fourth-order valence-electron chi connectivity index (χ4n) is 4.37. The highest BCUT2D eigenvalue weighted by atomic mass is 16.5. The van der Waals surface area contributed by atoms with Crippen molar-refractivity contribution in [3.63, 3.8) is 0 Å². The van der Waals surface area contributed by atoms with Gasteiger partial charge in [0.1, 0.15) is 11.5 Å². The lowest BCUT2D eigenvalue weighted by atomic mass is 9.97. The van der Waals surface area contributed by atoms with Gasteiger partial charge in [0.25, 0.3) is 11.8 Å². The first-order valence-corrected chi connectivity index (χ1v) is 11.8. The van der Waals surface area contributed by atoms with Crippen molar-refractivity contribution >= 4 is 34.6 Å². The average molecular weight is 497 g/mol. The summed E-state index contributed by atoms with van der Waals surface area (Å²) in [5.41, 5.74) is 2.97. The number of hydrogen-bond donors (Lipinski definition) is 3. The average Bonchev–Trinajstić information content (AvgIpc) is 3.40. The zero-order valence-electron chi connectivity index (χ0n) is 21.1. The topological polar surface area (TPSA) is 113 Å². The number of nitrogens with one attached hydrogen (secondary N) is 3. The maximum absolute atomic E-state index is 13.1. The van der Waals surface area contributed by atoms with Crippen LogP contribution in [0.15, 0.2) is 72.7 Å². The Bertz CT molecular complexity index is 1480. The van der Waals surface area contributed by atoms with Gasteiger partial charge in [-0.1, -0.05) is 42.5 Å². The highest BCUT2D eigenvalue weighted by Gasteiger charge is 2.21. The Morgan fingerprint density at radius 2 is 1.70 bits per heavy atom. The first-order valence-electron chi connectivity index (χ1n) is 11.8. The number of imidazole rings is 1. The molecule has 1 atom stereocenters. The van der Waals surface area contributed by atoms with Crippen LogP contribution in [0.2, 0.25) is 0 Å². The summed E-state index contributed by atoms with van der Waals surface area (Å²) >= 11 is 0. The van der Waals surface area contributed by atoms with Crippen LogP contribution in [0.1, 0.15) is 56.2 Å². The summed E-state index contributed by atoms with van der Waals surface area (Å²) in [6, 6.07) is 17.2. The molecule has 3 aromatic carbocycles. The van der Waals surface area contributed by atoms with E-state index in [4.69, 9.17) is 4.74 Å². The van der Waals surface area contributed by atoms with Crippen molar-refractivity contribution in [3.8, 4) is 0 Å². The molecule has 4 aromatic rings. The minimum atomic E-state index is -0.710. The first-order chi connectivity index (χ1) is 17.8. The van der Waals surface area contributed by atoms with Gasteiger partial charge in [0.15, 0.2) is 0 Å². The van der Waals surface area contributed by atoms with Gasteiger partial charge in [0.05, 0.1) is 13.2 Å². The number of methoxy groups -OCH3 is 1. The molecule has 0 unspecified atom stereocenters. The molecule has 0 aliphatic rings. The molecular formula is C29H28N4O4. The van der Waals surface area contributed by atoms with Gasteiger partial charge in [-0.15, -0.1) is 0 Å². The number of hydrogen-bond acceptors (Lipinski definition) is 5. The normalized spacial score (nSPS) is 12.2. The molecule has 1 heterocycles. The molecular weight excluding hydrogens is 468 g/mol. The van der Waals surface area contributed by atoms with E-state index in [0.29, 0.717) is 28.1 Å². The van der Waals surface area contributed by atoms with Gasteiger partial charge < -0.3 is 20.4 Å². The number of aromatic nitrogens is 2. The van der Waals surface area contributed by atoms with Gasteiger partial charge >= 0.3 is 5.97 Å².